The van der Waals surface area contributed by atoms with E-state index in [4.69, 9.17) is 0 Å². The maximum absolute atomic E-state index is 12.2. The van der Waals surface area contributed by atoms with Crippen LogP contribution in [-0.2, 0) is 16.1 Å². The molecule has 0 saturated carbocycles. The number of quaternary nitrogens is 2. The van der Waals surface area contributed by atoms with Gasteiger partial charge in [0.25, 0.3) is 11.8 Å². The van der Waals surface area contributed by atoms with Crippen molar-refractivity contribution in [2.45, 2.75) is 33.2 Å². The molecule has 1 atom stereocenters. The highest BCUT2D eigenvalue weighted by Crippen LogP contribution is 2.09. The quantitative estimate of drug-likeness (QED) is 0.455. The largest absolute Gasteiger partial charge is 0.351 e. The van der Waals surface area contributed by atoms with Gasteiger partial charge in [-0.05, 0) is 26.0 Å². The van der Waals surface area contributed by atoms with Gasteiger partial charge in [-0.3, -0.25) is 9.59 Å². The van der Waals surface area contributed by atoms with Crippen LogP contribution in [0.5, 0.6) is 0 Å². The number of amides is 2. The van der Waals surface area contributed by atoms with Gasteiger partial charge >= 0.3 is 0 Å². The summed E-state index contributed by atoms with van der Waals surface area (Å²) in [5, 5.41) is 5.71. The first-order chi connectivity index (χ1) is 12.1. The number of benzene rings is 1. The monoisotopic (exact) mass is 348 g/mol. The van der Waals surface area contributed by atoms with Crippen LogP contribution in [0.1, 0.15) is 32.3 Å². The lowest BCUT2D eigenvalue weighted by Crippen LogP contribution is -3.14. The standard InChI is InChI=1S/C19H30N4O2/c1-3-20-18(24)14-22(4-2)15-19(25)21-17-9-7-16(8-10-17)13-23-11-5-6-12-23/h7-10H,3-6,11-15H2,1-2H3,(H,20,24)(H,21,25)/p+2. The Morgan fingerprint density at radius 1 is 1.04 bits per heavy atom. The second-order valence-corrected chi connectivity index (χ2v) is 6.79. The van der Waals surface area contributed by atoms with Gasteiger partial charge in [-0.1, -0.05) is 12.1 Å². The van der Waals surface area contributed by atoms with Crippen LogP contribution in [0.25, 0.3) is 0 Å². The first-order valence-electron chi connectivity index (χ1n) is 9.43. The molecule has 0 bridgehead atoms. The molecule has 1 aliphatic heterocycles. The van der Waals surface area contributed by atoms with Gasteiger partial charge in [0.1, 0.15) is 6.54 Å². The lowest BCUT2D eigenvalue weighted by molar-refractivity contribution is -0.901. The maximum Gasteiger partial charge on any atom is 0.279 e. The Hall–Kier alpha value is -1.92. The Kier molecular flexibility index (Phi) is 7.88. The Morgan fingerprint density at radius 3 is 2.28 bits per heavy atom. The molecule has 1 unspecified atom stereocenters. The molecule has 1 heterocycles. The summed E-state index contributed by atoms with van der Waals surface area (Å²) in [6.45, 7) is 9.45. The van der Waals surface area contributed by atoms with Gasteiger partial charge in [-0.25, -0.2) is 0 Å². The highest BCUT2D eigenvalue weighted by Gasteiger charge is 2.17. The van der Waals surface area contributed by atoms with Crippen LogP contribution in [0.15, 0.2) is 24.3 Å². The van der Waals surface area contributed by atoms with Crippen molar-refractivity contribution in [3.8, 4) is 0 Å². The molecular formula is C19H32N4O2+2. The van der Waals surface area contributed by atoms with Gasteiger partial charge < -0.3 is 20.4 Å². The number of hydrogen-bond donors (Lipinski definition) is 4. The highest BCUT2D eigenvalue weighted by molar-refractivity contribution is 5.91. The van der Waals surface area contributed by atoms with E-state index in [1.807, 2.05) is 26.0 Å². The summed E-state index contributed by atoms with van der Waals surface area (Å²) >= 11 is 0. The van der Waals surface area contributed by atoms with Crippen LogP contribution in [0.2, 0.25) is 0 Å². The van der Waals surface area contributed by atoms with Crippen molar-refractivity contribution in [3.63, 3.8) is 0 Å². The van der Waals surface area contributed by atoms with E-state index in [2.05, 4.69) is 22.8 Å². The fourth-order valence-corrected chi connectivity index (χ4v) is 3.28. The fourth-order valence-electron chi connectivity index (χ4n) is 3.28. The molecule has 6 heteroatoms. The number of likely N-dealkylation sites (N-methyl/N-ethyl adjacent to an activating group) is 2. The molecule has 25 heavy (non-hydrogen) atoms. The first kappa shape index (κ1) is 19.4. The molecule has 4 N–H and O–H groups in total. The second kappa shape index (κ2) is 10.2. The maximum atomic E-state index is 12.2. The average Bonchev–Trinajstić information content (AvgIpc) is 3.09. The molecule has 1 saturated heterocycles. The molecule has 6 nitrogen and oxygen atoms in total. The number of carbonyl (C=O) groups is 2. The smallest absolute Gasteiger partial charge is 0.279 e. The summed E-state index contributed by atoms with van der Waals surface area (Å²) in [5.74, 6) is -0.0695. The van der Waals surface area contributed by atoms with Gasteiger partial charge in [0, 0.05) is 30.6 Å². The minimum atomic E-state index is -0.0564. The predicted molar refractivity (Wildman–Crippen MR) is 98.6 cm³/mol. The third-order valence-corrected chi connectivity index (χ3v) is 4.70. The molecule has 2 amide bonds. The minimum absolute atomic E-state index is 0.0130. The van der Waals surface area contributed by atoms with Crippen molar-refractivity contribution < 1.29 is 19.4 Å². The summed E-state index contributed by atoms with van der Waals surface area (Å²) < 4.78 is 0. The van der Waals surface area contributed by atoms with Crippen LogP contribution in [0.3, 0.4) is 0 Å². The SMILES string of the molecule is CCNC(=O)C[NH+](CC)CC(=O)Nc1ccc(C[NH+]2CCCC2)cc1. The van der Waals surface area contributed by atoms with Crippen LogP contribution in [0, 0.1) is 0 Å². The Balaban J connectivity index is 1.79. The van der Waals surface area contributed by atoms with Gasteiger partial charge in [-0.15, -0.1) is 0 Å². The molecule has 0 radical (unpaired) electrons. The Labute approximate surface area is 150 Å². The van der Waals surface area contributed by atoms with E-state index in [0.717, 1.165) is 23.7 Å². The predicted octanol–water partition coefficient (Wildman–Crippen LogP) is -1.16. The van der Waals surface area contributed by atoms with E-state index in [1.54, 1.807) is 4.90 Å². The van der Waals surface area contributed by atoms with Gasteiger partial charge in [-0.2, -0.15) is 0 Å². The summed E-state index contributed by atoms with van der Waals surface area (Å²) in [4.78, 5) is 26.5. The second-order valence-electron chi connectivity index (χ2n) is 6.79. The lowest BCUT2D eigenvalue weighted by atomic mass is 10.2. The molecule has 1 aliphatic rings. The first-order valence-corrected chi connectivity index (χ1v) is 9.43. The zero-order valence-corrected chi connectivity index (χ0v) is 15.5. The van der Waals surface area contributed by atoms with E-state index in [0.29, 0.717) is 19.6 Å². The lowest BCUT2D eigenvalue weighted by Gasteiger charge is -2.17. The average molecular weight is 348 g/mol. The molecular weight excluding hydrogens is 316 g/mol. The number of anilines is 1. The summed E-state index contributed by atoms with van der Waals surface area (Å²) in [5.41, 5.74) is 2.13. The van der Waals surface area contributed by atoms with E-state index in [1.165, 1.54) is 31.5 Å². The van der Waals surface area contributed by atoms with Crippen LogP contribution in [-0.4, -0.2) is 51.1 Å². The summed E-state index contributed by atoms with van der Waals surface area (Å²) in [7, 11) is 0. The van der Waals surface area contributed by atoms with Crippen LogP contribution >= 0.6 is 0 Å². The van der Waals surface area contributed by atoms with Crippen molar-refractivity contribution in [1.29, 1.82) is 0 Å². The van der Waals surface area contributed by atoms with Crippen LogP contribution in [0.4, 0.5) is 5.69 Å². The highest BCUT2D eigenvalue weighted by atomic mass is 16.2. The minimum Gasteiger partial charge on any atom is -0.351 e. The van der Waals surface area contributed by atoms with Crippen molar-refractivity contribution in [3.05, 3.63) is 29.8 Å². The van der Waals surface area contributed by atoms with E-state index >= 15 is 0 Å². The Morgan fingerprint density at radius 2 is 1.68 bits per heavy atom. The fraction of sp³-hybridized carbons (Fsp3) is 0.579. The van der Waals surface area contributed by atoms with Crippen LogP contribution < -0.4 is 20.4 Å². The number of hydrogen-bond acceptors (Lipinski definition) is 2. The molecule has 1 aromatic rings. The van der Waals surface area contributed by atoms with Crippen molar-refractivity contribution in [2.75, 3.05) is 44.6 Å². The zero-order valence-electron chi connectivity index (χ0n) is 15.5. The van der Waals surface area contributed by atoms with E-state index < -0.39 is 0 Å². The third-order valence-electron chi connectivity index (χ3n) is 4.70. The Bertz CT molecular complexity index is 553. The number of likely N-dealkylation sites (tertiary alicyclic amines) is 1. The number of rotatable bonds is 9. The van der Waals surface area contributed by atoms with Crippen molar-refractivity contribution in [1.82, 2.24) is 5.32 Å². The van der Waals surface area contributed by atoms with Gasteiger partial charge in [0.05, 0.1) is 19.6 Å². The van der Waals surface area contributed by atoms with Gasteiger partial charge in [0.2, 0.25) is 0 Å². The molecule has 2 rings (SSSR count). The third kappa shape index (κ3) is 6.84. The molecule has 138 valence electrons. The van der Waals surface area contributed by atoms with Crippen molar-refractivity contribution >= 4 is 17.5 Å². The summed E-state index contributed by atoms with van der Waals surface area (Å²) in [6, 6.07) is 8.14. The number of carbonyl (C=O) groups excluding carboxylic acids is 2. The molecule has 0 spiro atoms. The normalized spacial score (nSPS) is 15.8. The molecule has 0 aromatic heterocycles. The topological polar surface area (TPSA) is 67.1 Å². The van der Waals surface area contributed by atoms with Gasteiger partial charge in [0.15, 0.2) is 13.1 Å². The molecule has 0 aliphatic carbocycles. The molecule has 1 aromatic carbocycles. The number of nitrogens with one attached hydrogen (secondary N) is 4. The van der Waals surface area contributed by atoms with E-state index in [-0.39, 0.29) is 11.8 Å². The van der Waals surface area contributed by atoms with E-state index in [9.17, 15) is 9.59 Å². The summed E-state index contributed by atoms with van der Waals surface area (Å²) in [6.07, 6.45) is 2.66. The van der Waals surface area contributed by atoms with Crippen molar-refractivity contribution in [2.24, 2.45) is 0 Å². The zero-order chi connectivity index (χ0) is 18.1. The molecule has 1 fully saturated rings.